The molecule has 0 saturated heterocycles. The third-order valence-corrected chi connectivity index (χ3v) is 3.07. The fourth-order valence-electron chi connectivity index (χ4n) is 2.23. The average Bonchev–Trinajstić information content (AvgIpc) is 2.76. The van der Waals surface area contributed by atoms with Gasteiger partial charge < -0.3 is 14.8 Å². The molecule has 2 unspecified atom stereocenters. The quantitative estimate of drug-likeness (QED) is 0.693. The Labute approximate surface area is 99.9 Å². The van der Waals surface area contributed by atoms with Crippen LogP contribution in [-0.2, 0) is 9.47 Å². The molecule has 3 heteroatoms. The minimum atomic E-state index is 0.195. The first-order chi connectivity index (χ1) is 7.72. The molecule has 3 nitrogen and oxygen atoms in total. The van der Waals surface area contributed by atoms with E-state index in [0.29, 0.717) is 6.61 Å². The van der Waals surface area contributed by atoms with Crippen molar-refractivity contribution >= 4 is 0 Å². The highest BCUT2D eigenvalue weighted by Gasteiger charge is 2.16. The number of hydrogen-bond donors (Lipinski definition) is 1. The van der Waals surface area contributed by atoms with Crippen LogP contribution in [0.5, 0.6) is 0 Å². The molecule has 2 atom stereocenters. The molecule has 1 rings (SSSR count). The lowest BCUT2D eigenvalue weighted by molar-refractivity contribution is -0.0390. The summed E-state index contributed by atoms with van der Waals surface area (Å²) in [6, 6.07) is 0.730. The maximum atomic E-state index is 5.82. The molecule has 0 spiro atoms. The second-order valence-electron chi connectivity index (χ2n) is 4.81. The number of nitrogens with one attached hydrogen (secondary N) is 1. The van der Waals surface area contributed by atoms with Crippen molar-refractivity contribution in [1.29, 1.82) is 0 Å². The van der Waals surface area contributed by atoms with Crippen molar-refractivity contribution in [2.45, 2.75) is 64.7 Å². The Hall–Kier alpha value is -0.120. The fourth-order valence-corrected chi connectivity index (χ4v) is 2.23. The molecule has 0 aromatic rings. The van der Waals surface area contributed by atoms with Crippen LogP contribution >= 0.6 is 0 Å². The zero-order valence-electron chi connectivity index (χ0n) is 11.0. The summed E-state index contributed by atoms with van der Waals surface area (Å²) < 4.78 is 11.2. The SMILES string of the molecule is CCOCC(C)OC(C)CNC1CCCC1. The minimum Gasteiger partial charge on any atom is -0.379 e. The molecule has 0 aromatic carbocycles. The highest BCUT2D eigenvalue weighted by molar-refractivity contribution is 4.74. The van der Waals surface area contributed by atoms with Crippen LogP contribution < -0.4 is 5.32 Å². The van der Waals surface area contributed by atoms with Crippen molar-refractivity contribution in [2.24, 2.45) is 0 Å². The smallest absolute Gasteiger partial charge is 0.0784 e. The molecule has 16 heavy (non-hydrogen) atoms. The minimum absolute atomic E-state index is 0.195. The van der Waals surface area contributed by atoms with Gasteiger partial charge in [-0.05, 0) is 33.6 Å². The molecular formula is C13H27NO2. The molecule has 0 radical (unpaired) electrons. The van der Waals surface area contributed by atoms with Gasteiger partial charge in [-0.3, -0.25) is 0 Å². The lowest BCUT2D eigenvalue weighted by Crippen LogP contribution is -2.36. The van der Waals surface area contributed by atoms with Crippen LogP contribution in [0, 0.1) is 0 Å². The molecule has 1 saturated carbocycles. The normalized spacial score (nSPS) is 21.2. The molecule has 0 heterocycles. The van der Waals surface area contributed by atoms with Gasteiger partial charge in [0.15, 0.2) is 0 Å². The van der Waals surface area contributed by atoms with Gasteiger partial charge in [0, 0.05) is 19.2 Å². The highest BCUT2D eigenvalue weighted by Crippen LogP contribution is 2.17. The fraction of sp³-hybridized carbons (Fsp3) is 1.00. The standard InChI is InChI=1S/C13H27NO2/c1-4-15-10-12(3)16-11(2)9-14-13-7-5-6-8-13/h11-14H,4-10H2,1-3H3. The van der Waals surface area contributed by atoms with Crippen LogP contribution in [0.1, 0.15) is 46.5 Å². The summed E-state index contributed by atoms with van der Waals surface area (Å²) >= 11 is 0. The summed E-state index contributed by atoms with van der Waals surface area (Å²) in [6.45, 7) is 8.64. The van der Waals surface area contributed by atoms with E-state index in [1.54, 1.807) is 0 Å². The molecule has 0 amide bonds. The van der Waals surface area contributed by atoms with Gasteiger partial charge in [-0.2, -0.15) is 0 Å². The second-order valence-corrected chi connectivity index (χ2v) is 4.81. The van der Waals surface area contributed by atoms with E-state index in [1.165, 1.54) is 25.7 Å². The van der Waals surface area contributed by atoms with Crippen molar-refractivity contribution in [3.8, 4) is 0 Å². The lowest BCUT2D eigenvalue weighted by Gasteiger charge is -2.21. The van der Waals surface area contributed by atoms with Crippen LogP contribution in [0.2, 0.25) is 0 Å². The van der Waals surface area contributed by atoms with Crippen molar-refractivity contribution < 1.29 is 9.47 Å². The maximum absolute atomic E-state index is 5.82. The van der Waals surface area contributed by atoms with Gasteiger partial charge in [-0.25, -0.2) is 0 Å². The van der Waals surface area contributed by atoms with Crippen LogP contribution in [-0.4, -0.2) is 38.0 Å². The Kier molecular flexibility index (Phi) is 7.01. The van der Waals surface area contributed by atoms with E-state index in [-0.39, 0.29) is 12.2 Å². The van der Waals surface area contributed by atoms with Gasteiger partial charge >= 0.3 is 0 Å². The number of hydrogen-bond acceptors (Lipinski definition) is 3. The van der Waals surface area contributed by atoms with E-state index >= 15 is 0 Å². The second kappa shape index (κ2) is 8.04. The van der Waals surface area contributed by atoms with Crippen molar-refractivity contribution in [1.82, 2.24) is 5.32 Å². The monoisotopic (exact) mass is 229 g/mol. The van der Waals surface area contributed by atoms with Crippen LogP contribution in [0.25, 0.3) is 0 Å². The Morgan fingerprint density at radius 3 is 2.50 bits per heavy atom. The van der Waals surface area contributed by atoms with Gasteiger partial charge in [0.2, 0.25) is 0 Å². The van der Waals surface area contributed by atoms with E-state index in [4.69, 9.17) is 9.47 Å². The Morgan fingerprint density at radius 1 is 1.19 bits per heavy atom. The summed E-state index contributed by atoms with van der Waals surface area (Å²) in [7, 11) is 0. The Balaban J connectivity index is 2.02. The molecule has 1 fully saturated rings. The van der Waals surface area contributed by atoms with Gasteiger partial charge in [-0.15, -0.1) is 0 Å². The largest absolute Gasteiger partial charge is 0.379 e. The van der Waals surface area contributed by atoms with Crippen molar-refractivity contribution in [2.75, 3.05) is 19.8 Å². The summed E-state index contributed by atoms with van der Waals surface area (Å²) in [5, 5.41) is 3.58. The van der Waals surface area contributed by atoms with Gasteiger partial charge in [0.25, 0.3) is 0 Å². The van der Waals surface area contributed by atoms with Gasteiger partial charge in [0.05, 0.1) is 18.8 Å². The van der Waals surface area contributed by atoms with E-state index in [0.717, 1.165) is 19.2 Å². The maximum Gasteiger partial charge on any atom is 0.0784 e. The van der Waals surface area contributed by atoms with Crippen LogP contribution in [0.4, 0.5) is 0 Å². The van der Waals surface area contributed by atoms with Crippen LogP contribution in [0.3, 0.4) is 0 Å². The molecule has 1 aliphatic rings. The Bertz CT molecular complexity index is 169. The summed E-state index contributed by atoms with van der Waals surface area (Å²) in [5.74, 6) is 0. The summed E-state index contributed by atoms with van der Waals surface area (Å²) in [6.07, 6.45) is 5.90. The molecule has 0 aromatic heterocycles. The first kappa shape index (κ1) is 13.9. The first-order valence-electron chi connectivity index (χ1n) is 6.69. The predicted molar refractivity (Wildman–Crippen MR) is 66.8 cm³/mol. The Morgan fingerprint density at radius 2 is 1.88 bits per heavy atom. The predicted octanol–water partition coefficient (Wildman–Crippen LogP) is 2.35. The van der Waals surface area contributed by atoms with Crippen molar-refractivity contribution in [3.63, 3.8) is 0 Å². The van der Waals surface area contributed by atoms with E-state index in [9.17, 15) is 0 Å². The van der Waals surface area contributed by atoms with Crippen molar-refractivity contribution in [3.05, 3.63) is 0 Å². The first-order valence-corrected chi connectivity index (χ1v) is 6.69. The number of rotatable bonds is 8. The molecule has 1 N–H and O–H groups in total. The molecule has 0 aliphatic heterocycles. The number of ether oxygens (including phenoxy) is 2. The molecule has 96 valence electrons. The van der Waals surface area contributed by atoms with Crippen LogP contribution in [0.15, 0.2) is 0 Å². The third kappa shape index (κ3) is 5.83. The molecule has 1 aliphatic carbocycles. The average molecular weight is 229 g/mol. The summed E-state index contributed by atoms with van der Waals surface area (Å²) in [5.41, 5.74) is 0. The lowest BCUT2D eigenvalue weighted by atomic mass is 10.2. The highest BCUT2D eigenvalue weighted by atomic mass is 16.5. The summed E-state index contributed by atoms with van der Waals surface area (Å²) in [4.78, 5) is 0. The van der Waals surface area contributed by atoms with E-state index in [2.05, 4.69) is 19.2 Å². The molecule has 0 bridgehead atoms. The molecular weight excluding hydrogens is 202 g/mol. The zero-order chi connectivity index (χ0) is 11.8. The zero-order valence-corrected chi connectivity index (χ0v) is 11.0. The van der Waals surface area contributed by atoms with E-state index in [1.807, 2.05) is 6.92 Å². The van der Waals surface area contributed by atoms with Gasteiger partial charge in [-0.1, -0.05) is 12.8 Å². The van der Waals surface area contributed by atoms with Gasteiger partial charge in [0.1, 0.15) is 0 Å². The topological polar surface area (TPSA) is 30.5 Å². The third-order valence-electron chi connectivity index (χ3n) is 3.07. The van der Waals surface area contributed by atoms with E-state index < -0.39 is 0 Å².